The van der Waals surface area contributed by atoms with Gasteiger partial charge < -0.3 is 5.32 Å². The van der Waals surface area contributed by atoms with Crippen LogP contribution in [0.15, 0.2) is 30.3 Å². The van der Waals surface area contributed by atoms with Gasteiger partial charge in [0.25, 0.3) is 0 Å². The molecule has 2 rings (SSSR count). The summed E-state index contributed by atoms with van der Waals surface area (Å²) >= 11 is 1.59. The number of ketones is 2. The van der Waals surface area contributed by atoms with Crippen LogP contribution in [0, 0.1) is 13.8 Å². The molecule has 4 nitrogen and oxygen atoms in total. The van der Waals surface area contributed by atoms with Crippen molar-refractivity contribution in [1.82, 2.24) is 0 Å². The van der Waals surface area contributed by atoms with Crippen LogP contribution in [-0.2, 0) is 4.79 Å². The molecule has 0 unspecified atom stereocenters. The Morgan fingerprint density at radius 2 is 1.83 bits per heavy atom. The second-order valence-electron chi connectivity index (χ2n) is 5.44. The predicted octanol–water partition coefficient (Wildman–Crippen LogP) is 4.17. The minimum absolute atomic E-state index is 0.0144. The van der Waals surface area contributed by atoms with Crippen LogP contribution >= 0.6 is 11.3 Å². The quantitative estimate of drug-likeness (QED) is 0.809. The van der Waals surface area contributed by atoms with E-state index in [2.05, 4.69) is 5.32 Å². The van der Waals surface area contributed by atoms with Crippen molar-refractivity contribution in [2.75, 3.05) is 5.32 Å². The second kappa shape index (κ2) is 7.33. The van der Waals surface area contributed by atoms with Crippen LogP contribution in [0.25, 0.3) is 0 Å². The largest absolute Gasteiger partial charge is 0.326 e. The molecular formula is C18H19NO3S. The molecule has 120 valence electrons. The van der Waals surface area contributed by atoms with Crippen molar-refractivity contribution in [2.24, 2.45) is 0 Å². The lowest BCUT2D eigenvalue weighted by molar-refractivity contribution is -0.116. The maximum Gasteiger partial charge on any atom is 0.224 e. The number of Topliss-reactive ketones (excluding diaryl/α,β-unsaturated/α-hetero) is 2. The second-order valence-corrected chi connectivity index (χ2v) is 6.90. The maximum atomic E-state index is 12.2. The Kier molecular flexibility index (Phi) is 5.45. The predicted molar refractivity (Wildman–Crippen MR) is 92.4 cm³/mol. The number of anilines is 1. The summed E-state index contributed by atoms with van der Waals surface area (Å²) in [5.41, 5.74) is 1.82. The first-order valence-corrected chi connectivity index (χ1v) is 8.19. The van der Waals surface area contributed by atoms with Gasteiger partial charge in [0.05, 0.1) is 0 Å². The minimum atomic E-state index is -0.233. The molecule has 0 spiro atoms. The molecule has 0 radical (unpaired) electrons. The monoisotopic (exact) mass is 329 g/mol. The first kappa shape index (κ1) is 17.1. The topological polar surface area (TPSA) is 63.2 Å². The van der Waals surface area contributed by atoms with Crippen LogP contribution < -0.4 is 5.32 Å². The Labute approximate surface area is 139 Å². The number of hydrogen-bond acceptors (Lipinski definition) is 4. The zero-order valence-corrected chi connectivity index (χ0v) is 14.3. The van der Waals surface area contributed by atoms with Crippen molar-refractivity contribution in [3.05, 3.63) is 51.2 Å². The van der Waals surface area contributed by atoms with Crippen molar-refractivity contribution >= 4 is 34.5 Å². The summed E-state index contributed by atoms with van der Waals surface area (Å²) in [6, 6.07) is 8.64. The van der Waals surface area contributed by atoms with Gasteiger partial charge in [0.2, 0.25) is 5.91 Å². The van der Waals surface area contributed by atoms with Gasteiger partial charge in [-0.15, -0.1) is 11.3 Å². The van der Waals surface area contributed by atoms with Gasteiger partial charge in [0.15, 0.2) is 11.6 Å². The molecule has 5 heteroatoms. The maximum absolute atomic E-state index is 12.2. The van der Waals surface area contributed by atoms with Crippen LogP contribution in [0.3, 0.4) is 0 Å². The van der Waals surface area contributed by atoms with Crippen LogP contribution in [0.5, 0.6) is 0 Å². The summed E-state index contributed by atoms with van der Waals surface area (Å²) < 4.78 is 0. The first-order chi connectivity index (χ1) is 10.9. The number of thiophene rings is 1. The molecule has 1 N–H and O–H groups in total. The van der Waals surface area contributed by atoms with E-state index >= 15 is 0 Å². The molecule has 0 aliphatic carbocycles. The first-order valence-electron chi connectivity index (χ1n) is 7.38. The average Bonchev–Trinajstić information content (AvgIpc) is 2.84. The van der Waals surface area contributed by atoms with Gasteiger partial charge in [-0.25, -0.2) is 0 Å². The summed E-state index contributed by atoms with van der Waals surface area (Å²) in [4.78, 5) is 37.5. The lowest BCUT2D eigenvalue weighted by Gasteiger charge is -2.06. The third kappa shape index (κ3) is 4.60. The standard InChI is InChI=1S/C18H19NO3S/c1-11-9-16(13(3)23-11)17(21)7-8-18(22)19-15-6-4-5-14(10-15)12(2)20/h4-6,9-10H,7-8H2,1-3H3,(H,19,22). The summed E-state index contributed by atoms with van der Waals surface area (Å²) in [5, 5.41) is 2.72. The van der Waals surface area contributed by atoms with Crippen molar-refractivity contribution in [3.8, 4) is 0 Å². The smallest absolute Gasteiger partial charge is 0.224 e. The highest BCUT2D eigenvalue weighted by Crippen LogP contribution is 2.22. The Morgan fingerprint density at radius 1 is 1.09 bits per heavy atom. The number of hydrogen-bond donors (Lipinski definition) is 1. The molecule has 0 atom stereocenters. The van der Waals surface area contributed by atoms with Gasteiger partial charge in [-0.3, -0.25) is 14.4 Å². The zero-order valence-electron chi connectivity index (χ0n) is 13.4. The van der Waals surface area contributed by atoms with Gasteiger partial charge in [-0.05, 0) is 39.0 Å². The number of nitrogens with one attached hydrogen (secondary N) is 1. The number of rotatable bonds is 6. The van der Waals surface area contributed by atoms with E-state index in [0.29, 0.717) is 16.8 Å². The number of carbonyl (C=O) groups is 3. The summed E-state index contributed by atoms with van der Waals surface area (Å²) in [6.45, 7) is 5.35. The molecule has 1 amide bonds. The van der Waals surface area contributed by atoms with Crippen LogP contribution in [0.4, 0.5) is 5.69 Å². The van der Waals surface area contributed by atoms with Gasteiger partial charge in [-0.1, -0.05) is 12.1 Å². The average molecular weight is 329 g/mol. The molecule has 23 heavy (non-hydrogen) atoms. The van der Waals surface area contributed by atoms with E-state index in [1.54, 1.807) is 35.6 Å². The van der Waals surface area contributed by atoms with Crippen LogP contribution in [-0.4, -0.2) is 17.5 Å². The van der Waals surface area contributed by atoms with Gasteiger partial charge >= 0.3 is 0 Å². The fraction of sp³-hybridized carbons (Fsp3) is 0.278. The van der Waals surface area contributed by atoms with E-state index in [9.17, 15) is 14.4 Å². The molecule has 0 bridgehead atoms. The Hall–Kier alpha value is -2.27. The third-order valence-corrected chi connectivity index (χ3v) is 4.44. The summed E-state index contributed by atoms with van der Waals surface area (Å²) in [6.07, 6.45) is 0.298. The van der Waals surface area contributed by atoms with E-state index in [1.165, 1.54) is 6.92 Å². The van der Waals surface area contributed by atoms with Crippen molar-refractivity contribution < 1.29 is 14.4 Å². The fourth-order valence-electron chi connectivity index (χ4n) is 2.31. The van der Waals surface area contributed by atoms with Crippen molar-refractivity contribution in [3.63, 3.8) is 0 Å². The Morgan fingerprint density at radius 3 is 2.43 bits per heavy atom. The van der Waals surface area contributed by atoms with Crippen LogP contribution in [0.1, 0.15) is 50.2 Å². The Bertz CT molecular complexity index is 761. The fourth-order valence-corrected chi connectivity index (χ4v) is 3.25. The van der Waals surface area contributed by atoms with E-state index in [1.807, 2.05) is 19.9 Å². The number of benzene rings is 1. The Balaban J connectivity index is 1.92. The molecule has 1 aromatic carbocycles. The zero-order chi connectivity index (χ0) is 17.0. The SMILES string of the molecule is CC(=O)c1cccc(NC(=O)CCC(=O)c2cc(C)sc2C)c1. The summed E-state index contributed by atoms with van der Waals surface area (Å²) in [7, 11) is 0. The molecule has 1 aromatic heterocycles. The lowest BCUT2D eigenvalue weighted by Crippen LogP contribution is -2.14. The molecule has 0 saturated heterocycles. The minimum Gasteiger partial charge on any atom is -0.326 e. The molecule has 0 aliphatic heterocycles. The van der Waals surface area contributed by atoms with Gasteiger partial charge in [0, 0.05) is 39.4 Å². The number of amides is 1. The highest BCUT2D eigenvalue weighted by atomic mass is 32.1. The van der Waals surface area contributed by atoms with Crippen LogP contribution in [0.2, 0.25) is 0 Å². The van der Waals surface area contributed by atoms with E-state index in [-0.39, 0.29) is 30.3 Å². The summed E-state index contributed by atoms with van der Waals surface area (Å²) in [5.74, 6) is -0.303. The lowest BCUT2D eigenvalue weighted by atomic mass is 10.1. The molecular weight excluding hydrogens is 310 g/mol. The highest BCUT2D eigenvalue weighted by molar-refractivity contribution is 7.12. The van der Waals surface area contributed by atoms with Gasteiger partial charge in [0.1, 0.15) is 0 Å². The van der Waals surface area contributed by atoms with E-state index in [4.69, 9.17) is 0 Å². The normalized spacial score (nSPS) is 10.4. The van der Waals surface area contributed by atoms with Crippen molar-refractivity contribution in [1.29, 1.82) is 0 Å². The molecule has 2 aromatic rings. The molecule has 1 heterocycles. The number of aryl methyl sites for hydroxylation is 2. The van der Waals surface area contributed by atoms with Gasteiger partial charge in [-0.2, -0.15) is 0 Å². The molecule has 0 aliphatic rings. The number of carbonyl (C=O) groups excluding carboxylic acids is 3. The third-order valence-electron chi connectivity index (χ3n) is 3.47. The van der Waals surface area contributed by atoms with Crippen molar-refractivity contribution in [2.45, 2.75) is 33.6 Å². The molecule has 0 fully saturated rings. The molecule has 0 saturated carbocycles. The highest BCUT2D eigenvalue weighted by Gasteiger charge is 2.14. The van der Waals surface area contributed by atoms with E-state index < -0.39 is 0 Å². The van der Waals surface area contributed by atoms with E-state index in [0.717, 1.165) is 9.75 Å².